The number of carbonyl (C=O) groups excluding carboxylic acids is 1. The molecule has 4 heteroatoms. The van der Waals surface area contributed by atoms with Crippen LogP contribution in [0.15, 0.2) is 54.2 Å². The molecule has 0 bridgehead atoms. The summed E-state index contributed by atoms with van der Waals surface area (Å²) in [5.41, 5.74) is 5.45. The zero-order valence-electron chi connectivity index (χ0n) is 14.7. The highest BCUT2D eigenvalue weighted by Crippen LogP contribution is 2.30. The zero-order chi connectivity index (χ0) is 17.8. The van der Waals surface area contributed by atoms with Crippen molar-refractivity contribution in [3.05, 3.63) is 81.3 Å². The summed E-state index contributed by atoms with van der Waals surface area (Å²) in [6.45, 7) is 0. The standard InChI is InChI=1S/C22H22N2OS/c25-22(20-15-26-21-5-3-1-2-4-19(20)21)24-18-8-6-16(7-9-18)14-17-10-12-23-13-11-17/h6-13,15H,1-5,14H2,(H,24,25). The molecule has 0 aliphatic heterocycles. The van der Waals surface area contributed by atoms with E-state index in [4.69, 9.17) is 0 Å². The molecule has 1 aliphatic rings. The van der Waals surface area contributed by atoms with Gasteiger partial charge < -0.3 is 5.32 Å². The molecule has 3 aromatic rings. The molecule has 2 aromatic heterocycles. The van der Waals surface area contributed by atoms with Crippen LogP contribution in [0.1, 0.15) is 51.2 Å². The average molecular weight is 362 g/mol. The van der Waals surface area contributed by atoms with E-state index in [0.29, 0.717) is 0 Å². The molecular formula is C22H22N2OS. The zero-order valence-corrected chi connectivity index (χ0v) is 15.5. The van der Waals surface area contributed by atoms with Gasteiger partial charge in [0.15, 0.2) is 0 Å². The Morgan fingerprint density at radius 2 is 1.69 bits per heavy atom. The van der Waals surface area contributed by atoms with Gasteiger partial charge in [0.05, 0.1) is 5.56 Å². The van der Waals surface area contributed by atoms with Crippen molar-refractivity contribution in [3.8, 4) is 0 Å². The summed E-state index contributed by atoms with van der Waals surface area (Å²) in [4.78, 5) is 18.2. The molecule has 26 heavy (non-hydrogen) atoms. The van der Waals surface area contributed by atoms with Gasteiger partial charge in [-0.1, -0.05) is 18.6 Å². The van der Waals surface area contributed by atoms with Crippen molar-refractivity contribution in [2.45, 2.75) is 38.5 Å². The minimum atomic E-state index is 0.0197. The Kier molecular flexibility index (Phi) is 5.12. The number of hydrogen-bond donors (Lipinski definition) is 1. The van der Waals surface area contributed by atoms with Crippen LogP contribution in [-0.2, 0) is 19.3 Å². The number of benzene rings is 1. The third-order valence-corrected chi connectivity index (χ3v) is 6.01. The number of anilines is 1. The molecule has 0 saturated carbocycles. The lowest BCUT2D eigenvalue weighted by Gasteiger charge is -2.08. The van der Waals surface area contributed by atoms with Crippen LogP contribution >= 0.6 is 11.3 Å². The van der Waals surface area contributed by atoms with E-state index in [1.807, 2.05) is 42.0 Å². The number of aromatic nitrogens is 1. The van der Waals surface area contributed by atoms with Crippen molar-refractivity contribution in [1.82, 2.24) is 4.98 Å². The summed E-state index contributed by atoms with van der Waals surface area (Å²) in [6.07, 6.45) is 10.3. The van der Waals surface area contributed by atoms with Gasteiger partial charge in [0, 0.05) is 28.3 Å². The van der Waals surface area contributed by atoms with Crippen LogP contribution in [0.4, 0.5) is 5.69 Å². The maximum absolute atomic E-state index is 12.7. The van der Waals surface area contributed by atoms with Crippen LogP contribution in [-0.4, -0.2) is 10.9 Å². The van der Waals surface area contributed by atoms with Crippen LogP contribution < -0.4 is 5.32 Å². The number of nitrogens with one attached hydrogen (secondary N) is 1. The first kappa shape index (κ1) is 17.0. The van der Waals surface area contributed by atoms with Gasteiger partial charge in [0.25, 0.3) is 5.91 Å². The van der Waals surface area contributed by atoms with Crippen LogP contribution in [0.5, 0.6) is 0 Å². The van der Waals surface area contributed by atoms with Crippen molar-refractivity contribution in [2.24, 2.45) is 0 Å². The molecule has 0 saturated heterocycles. The van der Waals surface area contributed by atoms with Crippen LogP contribution in [0.25, 0.3) is 0 Å². The smallest absolute Gasteiger partial charge is 0.256 e. The molecule has 0 unspecified atom stereocenters. The Labute approximate surface area is 158 Å². The van der Waals surface area contributed by atoms with Crippen LogP contribution in [0, 0.1) is 0 Å². The second-order valence-corrected chi connectivity index (χ2v) is 7.76. The van der Waals surface area contributed by atoms with E-state index >= 15 is 0 Å². The Bertz CT molecular complexity index is 884. The van der Waals surface area contributed by atoms with E-state index in [9.17, 15) is 4.79 Å². The molecule has 1 aliphatic carbocycles. The van der Waals surface area contributed by atoms with Crippen LogP contribution in [0.2, 0.25) is 0 Å². The number of thiophene rings is 1. The van der Waals surface area contributed by atoms with Gasteiger partial charge in [0.2, 0.25) is 0 Å². The maximum Gasteiger partial charge on any atom is 0.256 e. The van der Waals surface area contributed by atoms with Crippen molar-refractivity contribution in [1.29, 1.82) is 0 Å². The predicted molar refractivity (Wildman–Crippen MR) is 107 cm³/mol. The lowest BCUT2D eigenvalue weighted by molar-refractivity contribution is 0.102. The van der Waals surface area contributed by atoms with Gasteiger partial charge in [-0.15, -0.1) is 11.3 Å². The molecule has 2 heterocycles. The summed E-state index contributed by atoms with van der Waals surface area (Å²) in [6, 6.07) is 12.2. The molecule has 3 nitrogen and oxygen atoms in total. The van der Waals surface area contributed by atoms with Gasteiger partial charge in [0.1, 0.15) is 0 Å². The largest absolute Gasteiger partial charge is 0.322 e. The van der Waals surface area contributed by atoms with E-state index in [2.05, 4.69) is 22.4 Å². The predicted octanol–water partition coefficient (Wildman–Crippen LogP) is 5.26. The van der Waals surface area contributed by atoms with Gasteiger partial charge >= 0.3 is 0 Å². The minimum absolute atomic E-state index is 0.0197. The summed E-state index contributed by atoms with van der Waals surface area (Å²) < 4.78 is 0. The van der Waals surface area contributed by atoms with E-state index in [1.54, 1.807) is 11.3 Å². The quantitative estimate of drug-likeness (QED) is 0.644. The number of nitrogens with zero attached hydrogens (tertiary/aromatic N) is 1. The highest BCUT2D eigenvalue weighted by molar-refractivity contribution is 7.10. The van der Waals surface area contributed by atoms with Gasteiger partial charge in [-0.3, -0.25) is 9.78 Å². The lowest BCUT2D eigenvalue weighted by atomic mass is 10.0. The van der Waals surface area contributed by atoms with E-state index in [1.165, 1.54) is 40.8 Å². The number of fused-ring (bicyclic) bond motifs is 1. The summed E-state index contributed by atoms with van der Waals surface area (Å²) in [5, 5.41) is 5.09. The molecule has 1 N–H and O–H groups in total. The first-order chi connectivity index (χ1) is 12.8. The highest BCUT2D eigenvalue weighted by Gasteiger charge is 2.19. The van der Waals surface area contributed by atoms with Gasteiger partial charge in [-0.2, -0.15) is 0 Å². The number of carbonyl (C=O) groups is 1. The number of aryl methyl sites for hydroxylation is 1. The molecule has 0 fully saturated rings. The minimum Gasteiger partial charge on any atom is -0.322 e. The molecule has 4 rings (SSSR count). The third kappa shape index (κ3) is 3.86. The lowest BCUT2D eigenvalue weighted by Crippen LogP contribution is -2.13. The van der Waals surface area contributed by atoms with E-state index < -0.39 is 0 Å². The van der Waals surface area contributed by atoms with E-state index in [-0.39, 0.29) is 5.91 Å². The fourth-order valence-corrected chi connectivity index (χ4v) is 4.63. The Hall–Kier alpha value is -2.46. The molecular weight excluding hydrogens is 340 g/mol. The molecule has 0 spiro atoms. The van der Waals surface area contributed by atoms with Gasteiger partial charge in [-0.05, 0) is 73.1 Å². The molecule has 1 aromatic carbocycles. The van der Waals surface area contributed by atoms with Gasteiger partial charge in [-0.25, -0.2) is 0 Å². The number of rotatable bonds is 4. The normalized spacial score (nSPS) is 13.7. The number of pyridine rings is 1. The van der Waals surface area contributed by atoms with Crippen molar-refractivity contribution < 1.29 is 4.79 Å². The van der Waals surface area contributed by atoms with E-state index in [0.717, 1.165) is 30.5 Å². The number of amides is 1. The topological polar surface area (TPSA) is 42.0 Å². The Balaban J connectivity index is 1.44. The summed E-state index contributed by atoms with van der Waals surface area (Å²) in [5.74, 6) is 0.0197. The summed E-state index contributed by atoms with van der Waals surface area (Å²) >= 11 is 1.74. The molecule has 0 atom stereocenters. The highest BCUT2D eigenvalue weighted by atomic mass is 32.1. The second kappa shape index (κ2) is 7.83. The van der Waals surface area contributed by atoms with Crippen LogP contribution in [0.3, 0.4) is 0 Å². The fraction of sp³-hybridized carbons (Fsp3) is 0.273. The monoisotopic (exact) mass is 362 g/mol. The fourth-order valence-electron chi connectivity index (χ4n) is 3.50. The van der Waals surface area contributed by atoms with Crippen molar-refractivity contribution >= 4 is 22.9 Å². The molecule has 132 valence electrons. The average Bonchev–Trinajstić information content (AvgIpc) is 2.93. The first-order valence-corrected chi connectivity index (χ1v) is 10.1. The van der Waals surface area contributed by atoms with Crippen molar-refractivity contribution in [2.75, 3.05) is 5.32 Å². The maximum atomic E-state index is 12.7. The number of hydrogen-bond acceptors (Lipinski definition) is 3. The second-order valence-electron chi connectivity index (χ2n) is 6.80. The third-order valence-electron chi connectivity index (χ3n) is 4.93. The molecule has 1 amide bonds. The van der Waals surface area contributed by atoms with Crippen molar-refractivity contribution in [3.63, 3.8) is 0 Å². The first-order valence-electron chi connectivity index (χ1n) is 9.18. The Morgan fingerprint density at radius 3 is 2.50 bits per heavy atom. The molecule has 0 radical (unpaired) electrons. The Morgan fingerprint density at radius 1 is 0.962 bits per heavy atom. The summed E-state index contributed by atoms with van der Waals surface area (Å²) in [7, 11) is 0. The SMILES string of the molecule is O=C(Nc1ccc(Cc2ccncc2)cc1)c1csc2c1CCCCC2.